The summed E-state index contributed by atoms with van der Waals surface area (Å²) in [4.78, 5) is 42.6. The van der Waals surface area contributed by atoms with Crippen LogP contribution in [0.3, 0.4) is 0 Å². The van der Waals surface area contributed by atoms with E-state index in [1.165, 1.54) is 24.0 Å². The molecule has 0 spiro atoms. The van der Waals surface area contributed by atoms with Crippen molar-refractivity contribution in [2.24, 2.45) is 5.92 Å². The van der Waals surface area contributed by atoms with Crippen LogP contribution in [-0.2, 0) is 38.6 Å². The van der Waals surface area contributed by atoms with Gasteiger partial charge in [-0.3, -0.25) is 14.4 Å². The number of rotatable bonds is 16. The van der Waals surface area contributed by atoms with Gasteiger partial charge in [-0.2, -0.15) is 0 Å². The number of aryl methyl sites for hydroxylation is 1. The number of benzene rings is 3. The van der Waals surface area contributed by atoms with E-state index in [1.807, 2.05) is 44.2 Å². The molecule has 0 radical (unpaired) electrons. The molecule has 0 aromatic heterocycles. The first-order valence-electron chi connectivity index (χ1n) is 18.0. The van der Waals surface area contributed by atoms with Gasteiger partial charge in [0.15, 0.2) is 0 Å². The highest BCUT2D eigenvalue weighted by Crippen LogP contribution is 2.35. The monoisotopic (exact) mass is 722 g/mol. The number of nitrogens with one attached hydrogen (secondary N) is 3. The van der Waals surface area contributed by atoms with Gasteiger partial charge in [0.05, 0.1) is 24.9 Å². The summed E-state index contributed by atoms with van der Waals surface area (Å²) in [5, 5.41) is 20.9. The maximum Gasteiger partial charge on any atom is 0.249 e. The molecule has 0 saturated carbocycles. The van der Waals surface area contributed by atoms with E-state index in [-0.39, 0.29) is 61.2 Å². The molecule has 5 rings (SSSR count). The quantitative estimate of drug-likeness (QED) is 0.172. The van der Waals surface area contributed by atoms with Gasteiger partial charge in [-0.05, 0) is 79.0 Å². The number of ether oxygens (including phenoxy) is 1. The van der Waals surface area contributed by atoms with Crippen LogP contribution in [0, 0.1) is 23.4 Å². The van der Waals surface area contributed by atoms with Crippen molar-refractivity contribution in [1.29, 1.82) is 0 Å². The van der Waals surface area contributed by atoms with Crippen LogP contribution in [-0.4, -0.2) is 76.7 Å². The van der Waals surface area contributed by atoms with Crippen LogP contribution in [0.1, 0.15) is 63.1 Å². The first-order chi connectivity index (χ1) is 24.9. The molecule has 0 unspecified atom stereocenters. The van der Waals surface area contributed by atoms with Gasteiger partial charge in [-0.25, -0.2) is 13.2 Å². The third-order valence-corrected chi connectivity index (χ3v) is 10.5. The number of aliphatic hydroxyl groups excluding tert-OH is 1. The molecule has 3 aromatic rings. The summed E-state index contributed by atoms with van der Waals surface area (Å²) in [6.45, 7) is 6.10. The normalized spacial score (nSPS) is 22.5. The first-order valence-corrected chi connectivity index (χ1v) is 18.0. The zero-order chi connectivity index (χ0) is 37.4. The molecule has 2 fully saturated rings. The lowest BCUT2D eigenvalue weighted by atomic mass is 9.81. The van der Waals surface area contributed by atoms with Crippen LogP contribution >= 0.6 is 0 Å². The molecule has 3 amide bonds. The zero-order valence-corrected chi connectivity index (χ0v) is 29.9. The molecular weight excluding hydrogens is 673 g/mol. The molecule has 2 heterocycles. The molecule has 2 saturated heterocycles. The number of hydrogen-bond acceptors (Lipinski definition) is 6. The minimum absolute atomic E-state index is 0.0943. The molecule has 2 aliphatic heterocycles. The number of likely N-dealkylation sites (tertiary alicyclic amines) is 1. The summed E-state index contributed by atoms with van der Waals surface area (Å²) in [5.41, 5.74) is 0.831. The third kappa shape index (κ3) is 9.58. The first kappa shape index (κ1) is 39.0. The fourth-order valence-electron chi connectivity index (χ4n) is 7.51. The van der Waals surface area contributed by atoms with E-state index in [9.17, 15) is 32.7 Å². The molecule has 7 atom stereocenters. The Labute approximate surface area is 303 Å². The zero-order valence-electron chi connectivity index (χ0n) is 29.9. The van der Waals surface area contributed by atoms with Crippen molar-refractivity contribution in [3.8, 4) is 0 Å². The number of carbonyl (C=O) groups excluding carboxylic acids is 3. The van der Waals surface area contributed by atoms with E-state index in [0.717, 1.165) is 29.3 Å². The van der Waals surface area contributed by atoms with Gasteiger partial charge in [0.2, 0.25) is 17.7 Å². The maximum atomic E-state index is 14.4. The Hall–Kier alpha value is -4.26. The highest BCUT2D eigenvalue weighted by molar-refractivity contribution is 5.96. The van der Waals surface area contributed by atoms with Crippen molar-refractivity contribution in [3.63, 3.8) is 0 Å². The average Bonchev–Trinajstić information content (AvgIpc) is 3.72. The van der Waals surface area contributed by atoms with Crippen LogP contribution < -0.4 is 16.0 Å². The summed E-state index contributed by atoms with van der Waals surface area (Å²) in [6.07, 6.45) is 0.464. The van der Waals surface area contributed by atoms with Gasteiger partial charge < -0.3 is 30.7 Å². The number of halogens is 3. The van der Waals surface area contributed by atoms with Crippen molar-refractivity contribution in [2.45, 2.75) is 102 Å². The van der Waals surface area contributed by atoms with Crippen LogP contribution in [0.4, 0.5) is 13.2 Å². The lowest BCUT2D eigenvalue weighted by molar-refractivity contribution is -0.144. The van der Waals surface area contributed by atoms with E-state index in [1.54, 1.807) is 12.1 Å². The fourth-order valence-corrected chi connectivity index (χ4v) is 7.51. The summed E-state index contributed by atoms with van der Waals surface area (Å²) in [5.74, 6) is -3.31. The smallest absolute Gasteiger partial charge is 0.249 e. The molecule has 3 aromatic carbocycles. The summed E-state index contributed by atoms with van der Waals surface area (Å²) in [7, 11) is 0. The Kier molecular flexibility index (Phi) is 13.1. The number of carbonyl (C=O) groups is 3. The predicted molar refractivity (Wildman–Crippen MR) is 190 cm³/mol. The number of amides is 3. The van der Waals surface area contributed by atoms with Crippen LogP contribution in [0.25, 0.3) is 0 Å². The molecule has 9 nitrogen and oxygen atoms in total. The molecule has 0 aliphatic carbocycles. The Morgan fingerprint density at radius 1 is 1.00 bits per heavy atom. The average molecular weight is 723 g/mol. The highest BCUT2D eigenvalue weighted by atomic mass is 19.1. The topological polar surface area (TPSA) is 120 Å². The molecule has 2 aliphatic rings. The number of hydrogen-bond donors (Lipinski definition) is 4. The van der Waals surface area contributed by atoms with Crippen LogP contribution in [0.5, 0.6) is 0 Å². The minimum atomic E-state index is -1.21. The van der Waals surface area contributed by atoms with Gasteiger partial charge in [0.1, 0.15) is 29.0 Å². The van der Waals surface area contributed by atoms with Crippen molar-refractivity contribution < 1.29 is 37.4 Å². The Bertz CT molecular complexity index is 1660. The van der Waals surface area contributed by atoms with Gasteiger partial charge in [0, 0.05) is 32.1 Å². The van der Waals surface area contributed by atoms with E-state index in [0.29, 0.717) is 32.2 Å². The standard InChI is InChI=1S/C40H49F3N4O5/c1-4-25(2)40(46-26(3)48)16-17-47(39(40)51)36(15-12-27-8-6-5-7-9-27)38(50)45-35(20-29-18-31(42)21-32(43)19-29)37(49)34-22-33(23-44-34)52-24-28-10-13-30(41)14-11-28/h5-11,13-14,18-19,21,25,33-37,44,49H,4,12,15-17,20,22-24H2,1-3H3,(H,45,50)(H,46,48)/t25-,33-,34-,35+,36+,37-,40+/m1/s1. The largest absolute Gasteiger partial charge is 0.389 e. The molecule has 52 heavy (non-hydrogen) atoms. The summed E-state index contributed by atoms with van der Waals surface area (Å²) in [6, 6.07) is 16.1. The van der Waals surface area contributed by atoms with Crippen molar-refractivity contribution >= 4 is 17.7 Å². The van der Waals surface area contributed by atoms with Crippen molar-refractivity contribution in [1.82, 2.24) is 20.9 Å². The van der Waals surface area contributed by atoms with Gasteiger partial charge in [-0.15, -0.1) is 0 Å². The molecule has 4 N–H and O–H groups in total. The molecule has 0 bridgehead atoms. The molecular formula is C40H49F3N4O5. The Balaban J connectivity index is 1.38. The van der Waals surface area contributed by atoms with E-state index < -0.39 is 47.3 Å². The van der Waals surface area contributed by atoms with Crippen LogP contribution in [0.2, 0.25) is 0 Å². The number of nitrogens with zero attached hydrogens (tertiary/aromatic N) is 1. The second-order valence-corrected chi connectivity index (χ2v) is 14.1. The van der Waals surface area contributed by atoms with Gasteiger partial charge in [-0.1, -0.05) is 62.7 Å². The van der Waals surface area contributed by atoms with E-state index in [4.69, 9.17) is 4.74 Å². The maximum absolute atomic E-state index is 14.4. The Morgan fingerprint density at radius 2 is 1.69 bits per heavy atom. The van der Waals surface area contributed by atoms with Gasteiger partial charge in [0.25, 0.3) is 0 Å². The van der Waals surface area contributed by atoms with Crippen molar-refractivity contribution in [3.05, 3.63) is 107 Å². The predicted octanol–water partition coefficient (Wildman–Crippen LogP) is 4.59. The lowest BCUT2D eigenvalue weighted by Crippen LogP contribution is -2.61. The lowest BCUT2D eigenvalue weighted by Gasteiger charge is -2.36. The third-order valence-electron chi connectivity index (χ3n) is 10.5. The van der Waals surface area contributed by atoms with E-state index >= 15 is 0 Å². The fraction of sp³-hybridized carbons (Fsp3) is 0.475. The van der Waals surface area contributed by atoms with Crippen LogP contribution in [0.15, 0.2) is 72.8 Å². The summed E-state index contributed by atoms with van der Waals surface area (Å²) < 4.78 is 48.0. The van der Waals surface area contributed by atoms with Gasteiger partial charge >= 0.3 is 0 Å². The van der Waals surface area contributed by atoms with Crippen molar-refractivity contribution in [2.75, 3.05) is 13.1 Å². The molecule has 280 valence electrons. The SMILES string of the molecule is CC[C@@H](C)[C@@]1(NC(C)=O)CCN([C@@H](CCc2ccccc2)C(=O)N[C@@H](Cc2cc(F)cc(F)c2)[C@H](O)[C@H]2C[C@@H](OCc3ccc(F)cc3)CN2)C1=O. The Morgan fingerprint density at radius 3 is 2.35 bits per heavy atom. The second kappa shape index (κ2) is 17.5. The number of aliphatic hydroxyl groups is 1. The highest BCUT2D eigenvalue weighted by Gasteiger charge is 2.53. The second-order valence-electron chi connectivity index (χ2n) is 14.1. The summed E-state index contributed by atoms with van der Waals surface area (Å²) >= 11 is 0. The molecule has 12 heteroatoms. The minimum Gasteiger partial charge on any atom is -0.389 e. The van der Waals surface area contributed by atoms with E-state index in [2.05, 4.69) is 16.0 Å².